The second kappa shape index (κ2) is 2.75. The van der Waals surface area contributed by atoms with Crippen LogP contribution in [0.15, 0.2) is 0 Å². The normalized spacial score (nSPS) is 40.8. The second-order valence-corrected chi connectivity index (χ2v) is 4.02. The van der Waals surface area contributed by atoms with Gasteiger partial charge in [-0.25, -0.2) is 0 Å². The fourth-order valence-electron chi connectivity index (χ4n) is 2.88. The van der Waals surface area contributed by atoms with Gasteiger partial charge < -0.3 is 4.74 Å². The smallest absolute Gasteiger partial charge is 0.312 e. The Hall–Kier alpha value is -0.530. The highest BCUT2D eigenvalue weighted by Crippen LogP contribution is 2.50. The van der Waals surface area contributed by atoms with Gasteiger partial charge in [-0.3, -0.25) is 4.79 Å². The van der Waals surface area contributed by atoms with Crippen LogP contribution >= 0.6 is 0 Å². The van der Waals surface area contributed by atoms with Crippen LogP contribution in [0.3, 0.4) is 0 Å². The average Bonchev–Trinajstić information content (AvgIpc) is 2.50. The molecule has 0 radical (unpaired) electrons. The minimum Gasteiger partial charge on any atom is -0.465 e. The van der Waals surface area contributed by atoms with Crippen molar-refractivity contribution in [2.45, 2.75) is 39.0 Å². The van der Waals surface area contributed by atoms with Crippen LogP contribution in [0, 0.1) is 11.3 Å². The highest BCUT2D eigenvalue weighted by molar-refractivity contribution is 5.78. The first-order chi connectivity index (χ1) is 5.79. The Kier molecular flexibility index (Phi) is 1.85. The summed E-state index contributed by atoms with van der Waals surface area (Å²) in [4.78, 5) is 11.6. The van der Waals surface area contributed by atoms with Crippen molar-refractivity contribution in [3.05, 3.63) is 0 Å². The van der Waals surface area contributed by atoms with Crippen molar-refractivity contribution in [1.29, 1.82) is 0 Å². The van der Waals surface area contributed by atoms with Crippen LogP contribution in [0.5, 0.6) is 0 Å². The fourth-order valence-corrected chi connectivity index (χ4v) is 2.88. The number of cyclic esters (lactones) is 1. The first-order valence-electron chi connectivity index (χ1n) is 4.97. The summed E-state index contributed by atoms with van der Waals surface area (Å²) in [5.74, 6) is 0.711. The van der Waals surface area contributed by atoms with E-state index in [1.54, 1.807) is 0 Å². The molecule has 1 heterocycles. The van der Waals surface area contributed by atoms with Crippen LogP contribution in [0.4, 0.5) is 0 Å². The number of ether oxygens (including phenoxy) is 1. The van der Waals surface area contributed by atoms with Crippen LogP contribution < -0.4 is 0 Å². The Morgan fingerprint density at radius 1 is 1.58 bits per heavy atom. The molecule has 0 bridgehead atoms. The van der Waals surface area contributed by atoms with Crippen molar-refractivity contribution in [3.8, 4) is 0 Å². The molecule has 0 aromatic carbocycles. The molecule has 2 aliphatic rings. The van der Waals surface area contributed by atoms with E-state index in [4.69, 9.17) is 4.74 Å². The standard InChI is InChI=1S/C10H16O2/c1-2-10-6-3-4-8(10)5-7-12-9(10)11/h8H,2-7H2,1H3. The van der Waals surface area contributed by atoms with E-state index in [2.05, 4.69) is 6.92 Å². The van der Waals surface area contributed by atoms with Gasteiger partial charge in [0.05, 0.1) is 12.0 Å². The number of fused-ring (bicyclic) bond motifs is 1. The summed E-state index contributed by atoms with van der Waals surface area (Å²) >= 11 is 0. The van der Waals surface area contributed by atoms with Gasteiger partial charge in [0.1, 0.15) is 0 Å². The molecule has 0 spiro atoms. The Morgan fingerprint density at radius 2 is 2.42 bits per heavy atom. The minimum absolute atomic E-state index is 0.0712. The molecule has 2 rings (SSSR count). The summed E-state index contributed by atoms with van der Waals surface area (Å²) < 4.78 is 5.15. The van der Waals surface area contributed by atoms with Gasteiger partial charge in [0, 0.05) is 0 Å². The summed E-state index contributed by atoms with van der Waals surface area (Å²) in [5, 5.41) is 0. The summed E-state index contributed by atoms with van der Waals surface area (Å²) in [6.45, 7) is 2.77. The van der Waals surface area contributed by atoms with E-state index < -0.39 is 0 Å². The van der Waals surface area contributed by atoms with E-state index in [1.165, 1.54) is 12.8 Å². The Balaban J connectivity index is 2.26. The maximum absolute atomic E-state index is 11.6. The summed E-state index contributed by atoms with van der Waals surface area (Å²) in [5.41, 5.74) is -0.0712. The van der Waals surface area contributed by atoms with Crippen molar-refractivity contribution >= 4 is 5.97 Å². The molecule has 1 aliphatic carbocycles. The highest BCUT2D eigenvalue weighted by atomic mass is 16.5. The third-order valence-corrected chi connectivity index (χ3v) is 3.69. The van der Waals surface area contributed by atoms with Crippen molar-refractivity contribution in [2.24, 2.45) is 11.3 Å². The van der Waals surface area contributed by atoms with E-state index in [0.29, 0.717) is 12.5 Å². The molecule has 2 unspecified atom stereocenters. The lowest BCUT2D eigenvalue weighted by molar-refractivity contribution is -0.166. The van der Waals surface area contributed by atoms with Gasteiger partial charge in [0.15, 0.2) is 0 Å². The molecule has 1 saturated heterocycles. The average molecular weight is 168 g/mol. The summed E-state index contributed by atoms with van der Waals surface area (Å²) in [6.07, 6.45) is 5.58. The van der Waals surface area contributed by atoms with Crippen LogP contribution in [0.25, 0.3) is 0 Å². The number of carbonyl (C=O) groups is 1. The topological polar surface area (TPSA) is 26.3 Å². The van der Waals surface area contributed by atoms with Gasteiger partial charge in [-0.15, -0.1) is 0 Å². The maximum atomic E-state index is 11.6. The zero-order valence-electron chi connectivity index (χ0n) is 7.64. The molecule has 0 amide bonds. The van der Waals surface area contributed by atoms with E-state index in [0.717, 1.165) is 19.3 Å². The predicted octanol–water partition coefficient (Wildman–Crippen LogP) is 2.13. The van der Waals surface area contributed by atoms with Gasteiger partial charge in [-0.2, -0.15) is 0 Å². The monoisotopic (exact) mass is 168 g/mol. The first-order valence-corrected chi connectivity index (χ1v) is 4.97. The molecule has 1 saturated carbocycles. The largest absolute Gasteiger partial charge is 0.465 e. The number of hydrogen-bond donors (Lipinski definition) is 0. The lowest BCUT2D eigenvalue weighted by Crippen LogP contribution is -2.40. The van der Waals surface area contributed by atoms with Crippen LogP contribution in [0.2, 0.25) is 0 Å². The van der Waals surface area contributed by atoms with E-state index in [1.807, 2.05) is 0 Å². The van der Waals surface area contributed by atoms with Crippen LogP contribution in [0.1, 0.15) is 39.0 Å². The molecule has 0 aromatic heterocycles. The van der Waals surface area contributed by atoms with Crippen molar-refractivity contribution in [3.63, 3.8) is 0 Å². The van der Waals surface area contributed by atoms with Gasteiger partial charge in [0.2, 0.25) is 0 Å². The fraction of sp³-hybridized carbons (Fsp3) is 0.900. The second-order valence-electron chi connectivity index (χ2n) is 4.02. The Labute approximate surface area is 73.3 Å². The van der Waals surface area contributed by atoms with Gasteiger partial charge in [-0.05, 0) is 31.6 Å². The van der Waals surface area contributed by atoms with Crippen LogP contribution in [-0.2, 0) is 9.53 Å². The molecular formula is C10H16O2. The number of rotatable bonds is 1. The highest BCUT2D eigenvalue weighted by Gasteiger charge is 2.50. The molecule has 2 heteroatoms. The molecule has 2 nitrogen and oxygen atoms in total. The third-order valence-electron chi connectivity index (χ3n) is 3.69. The molecule has 12 heavy (non-hydrogen) atoms. The third kappa shape index (κ3) is 0.900. The molecule has 2 fully saturated rings. The number of hydrogen-bond acceptors (Lipinski definition) is 2. The molecule has 1 aliphatic heterocycles. The Morgan fingerprint density at radius 3 is 3.08 bits per heavy atom. The lowest BCUT2D eigenvalue weighted by Gasteiger charge is -2.36. The lowest BCUT2D eigenvalue weighted by atomic mass is 9.73. The van der Waals surface area contributed by atoms with E-state index in [-0.39, 0.29) is 11.4 Å². The van der Waals surface area contributed by atoms with Crippen molar-refractivity contribution in [1.82, 2.24) is 0 Å². The number of esters is 1. The van der Waals surface area contributed by atoms with Crippen LogP contribution in [-0.4, -0.2) is 12.6 Å². The molecule has 68 valence electrons. The summed E-state index contributed by atoms with van der Waals surface area (Å²) in [7, 11) is 0. The minimum atomic E-state index is -0.0712. The first kappa shape index (κ1) is 8.09. The molecule has 0 N–H and O–H groups in total. The summed E-state index contributed by atoms with van der Waals surface area (Å²) in [6, 6.07) is 0. The zero-order chi connectivity index (χ0) is 8.60. The SMILES string of the molecule is CCC12CCCC1CCOC2=O. The van der Waals surface area contributed by atoms with Crippen molar-refractivity contribution < 1.29 is 9.53 Å². The number of carbonyl (C=O) groups excluding carboxylic acids is 1. The van der Waals surface area contributed by atoms with E-state index >= 15 is 0 Å². The molecule has 2 atom stereocenters. The maximum Gasteiger partial charge on any atom is 0.312 e. The van der Waals surface area contributed by atoms with E-state index in [9.17, 15) is 4.79 Å². The molecular weight excluding hydrogens is 152 g/mol. The van der Waals surface area contributed by atoms with Gasteiger partial charge >= 0.3 is 5.97 Å². The Bertz CT molecular complexity index is 200. The quantitative estimate of drug-likeness (QED) is 0.561. The predicted molar refractivity (Wildman–Crippen MR) is 45.6 cm³/mol. The zero-order valence-corrected chi connectivity index (χ0v) is 7.64. The van der Waals surface area contributed by atoms with Gasteiger partial charge in [0.25, 0.3) is 0 Å². The van der Waals surface area contributed by atoms with Crippen molar-refractivity contribution in [2.75, 3.05) is 6.61 Å². The van der Waals surface area contributed by atoms with Gasteiger partial charge in [-0.1, -0.05) is 13.3 Å². The molecule has 0 aromatic rings.